The maximum absolute atomic E-state index is 12.0. The zero-order valence-electron chi connectivity index (χ0n) is 19.0. The van der Waals surface area contributed by atoms with Crippen molar-refractivity contribution in [3.8, 4) is 0 Å². The summed E-state index contributed by atoms with van der Waals surface area (Å²) in [4.78, 5) is 32.6. The van der Waals surface area contributed by atoms with Crippen LogP contribution in [0.3, 0.4) is 0 Å². The predicted molar refractivity (Wildman–Crippen MR) is 135 cm³/mol. The molecule has 1 fully saturated rings. The summed E-state index contributed by atoms with van der Waals surface area (Å²) < 4.78 is 5.08. The summed E-state index contributed by atoms with van der Waals surface area (Å²) in [5.41, 5.74) is 1.82. The molecule has 8 nitrogen and oxygen atoms in total. The molecule has 9 heteroatoms. The van der Waals surface area contributed by atoms with E-state index in [9.17, 15) is 9.59 Å². The van der Waals surface area contributed by atoms with Crippen LogP contribution >= 0.6 is 24.0 Å². The molecule has 1 aliphatic rings. The standard InChI is InChI=1S/C22H35N5O3.HI/c1-5-23-21(26-10-12-27(13-11-26)22(29)30-6-2)24-16-18-8-7-9-19(15-18)25-20(28)14-17(3)4;/h7-9,15,17H,5-6,10-14,16H2,1-4H3,(H,23,24)(H,25,28);1H. The summed E-state index contributed by atoms with van der Waals surface area (Å²) in [5, 5.41) is 6.28. The molecule has 1 saturated heterocycles. The van der Waals surface area contributed by atoms with Crippen LogP contribution in [0.25, 0.3) is 0 Å². The number of halogens is 1. The van der Waals surface area contributed by atoms with Crippen LogP contribution in [-0.4, -0.2) is 67.1 Å². The second-order valence-electron chi connectivity index (χ2n) is 7.69. The zero-order chi connectivity index (χ0) is 21.9. The summed E-state index contributed by atoms with van der Waals surface area (Å²) >= 11 is 0. The second-order valence-corrected chi connectivity index (χ2v) is 7.69. The molecule has 2 amide bonds. The Labute approximate surface area is 202 Å². The van der Waals surface area contributed by atoms with Crippen molar-refractivity contribution >= 4 is 47.6 Å². The number of hydrogen-bond acceptors (Lipinski definition) is 4. The van der Waals surface area contributed by atoms with Crippen molar-refractivity contribution < 1.29 is 14.3 Å². The van der Waals surface area contributed by atoms with Gasteiger partial charge in [0.05, 0.1) is 13.2 Å². The van der Waals surface area contributed by atoms with Crippen molar-refractivity contribution in [3.63, 3.8) is 0 Å². The van der Waals surface area contributed by atoms with Crippen molar-refractivity contribution in [2.45, 2.75) is 40.7 Å². The zero-order valence-corrected chi connectivity index (χ0v) is 21.3. The van der Waals surface area contributed by atoms with Crippen LogP contribution in [0.5, 0.6) is 0 Å². The van der Waals surface area contributed by atoms with Crippen LogP contribution in [0, 0.1) is 5.92 Å². The molecule has 31 heavy (non-hydrogen) atoms. The van der Waals surface area contributed by atoms with Gasteiger partial charge in [0.2, 0.25) is 5.91 Å². The first-order chi connectivity index (χ1) is 14.4. The SMILES string of the molecule is CCNC(=NCc1cccc(NC(=O)CC(C)C)c1)N1CCN(C(=O)OCC)CC1.I. The monoisotopic (exact) mass is 545 g/mol. The summed E-state index contributed by atoms with van der Waals surface area (Å²) in [6.45, 7) is 12.2. The average Bonchev–Trinajstić information content (AvgIpc) is 2.71. The first kappa shape index (κ1) is 27.0. The number of nitrogens with zero attached hydrogens (tertiary/aromatic N) is 3. The molecule has 0 bridgehead atoms. The molecular formula is C22H36IN5O3. The third-order valence-corrected chi connectivity index (χ3v) is 4.66. The van der Waals surface area contributed by atoms with Crippen molar-refractivity contribution in [2.24, 2.45) is 10.9 Å². The number of piperazine rings is 1. The molecule has 2 rings (SSSR count). The lowest BCUT2D eigenvalue weighted by atomic mass is 10.1. The summed E-state index contributed by atoms with van der Waals surface area (Å²) in [5.74, 6) is 1.18. The van der Waals surface area contributed by atoms with Crippen LogP contribution in [0.15, 0.2) is 29.3 Å². The summed E-state index contributed by atoms with van der Waals surface area (Å²) in [7, 11) is 0. The number of rotatable bonds is 7. The van der Waals surface area contributed by atoms with E-state index in [1.165, 1.54) is 0 Å². The molecule has 1 aromatic carbocycles. The van der Waals surface area contributed by atoms with Crippen LogP contribution in [0.4, 0.5) is 10.5 Å². The number of carbonyl (C=O) groups excluding carboxylic acids is 2. The number of hydrogen-bond donors (Lipinski definition) is 2. The molecule has 0 saturated carbocycles. The highest BCUT2D eigenvalue weighted by molar-refractivity contribution is 14.0. The van der Waals surface area contributed by atoms with Crippen LogP contribution < -0.4 is 10.6 Å². The molecule has 0 spiro atoms. The van der Waals surface area contributed by atoms with Gasteiger partial charge in [0, 0.05) is 44.8 Å². The van der Waals surface area contributed by atoms with E-state index in [4.69, 9.17) is 9.73 Å². The molecule has 2 N–H and O–H groups in total. The number of aliphatic imine (C=N–C) groups is 1. The Morgan fingerprint density at radius 1 is 1.13 bits per heavy atom. The topological polar surface area (TPSA) is 86.3 Å². The minimum atomic E-state index is -0.254. The number of benzene rings is 1. The van der Waals surface area contributed by atoms with Gasteiger partial charge in [-0.15, -0.1) is 24.0 Å². The molecule has 0 radical (unpaired) electrons. The first-order valence-corrected chi connectivity index (χ1v) is 10.8. The van der Waals surface area contributed by atoms with E-state index >= 15 is 0 Å². The van der Waals surface area contributed by atoms with E-state index in [2.05, 4.69) is 15.5 Å². The Hall–Kier alpha value is -2.04. The van der Waals surface area contributed by atoms with Gasteiger partial charge in [0.15, 0.2) is 5.96 Å². The third kappa shape index (κ3) is 9.32. The number of guanidine groups is 1. The van der Waals surface area contributed by atoms with Gasteiger partial charge in [-0.3, -0.25) is 4.79 Å². The van der Waals surface area contributed by atoms with Gasteiger partial charge in [-0.2, -0.15) is 0 Å². The lowest BCUT2D eigenvalue weighted by Gasteiger charge is -2.35. The lowest BCUT2D eigenvalue weighted by molar-refractivity contribution is -0.116. The average molecular weight is 545 g/mol. The Morgan fingerprint density at radius 3 is 2.42 bits per heavy atom. The van der Waals surface area contributed by atoms with E-state index in [1.54, 1.807) is 4.90 Å². The normalized spacial score (nSPS) is 14.2. The fourth-order valence-electron chi connectivity index (χ4n) is 3.24. The minimum absolute atomic E-state index is 0. The van der Waals surface area contributed by atoms with Crippen molar-refractivity contribution in [1.29, 1.82) is 0 Å². The van der Waals surface area contributed by atoms with Gasteiger partial charge in [-0.05, 0) is 37.5 Å². The van der Waals surface area contributed by atoms with Gasteiger partial charge in [-0.25, -0.2) is 9.79 Å². The molecule has 1 heterocycles. The Balaban J connectivity index is 0.00000480. The molecule has 0 atom stereocenters. The molecule has 0 unspecified atom stereocenters. The molecular weight excluding hydrogens is 509 g/mol. The number of carbonyl (C=O) groups is 2. The Bertz CT molecular complexity index is 734. The number of ether oxygens (including phenoxy) is 1. The van der Waals surface area contributed by atoms with E-state index in [0.29, 0.717) is 51.7 Å². The molecule has 1 aliphatic heterocycles. The van der Waals surface area contributed by atoms with Crippen LogP contribution in [-0.2, 0) is 16.1 Å². The fraction of sp³-hybridized carbons (Fsp3) is 0.591. The third-order valence-electron chi connectivity index (χ3n) is 4.66. The largest absolute Gasteiger partial charge is 0.450 e. The van der Waals surface area contributed by atoms with Gasteiger partial charge >= 0.3 is 6.09 Å². The maximum Gasteiger partial charge on any atom is 0.409 e. The summed E-state index contributed by atoms with van der Waals surface area (Å²) in [6, 6.07) is 7.79. The van der Waals surface area contributed by atoms with E-state index in [1.807, 2.05) is 52.0 Å². The van der Waals surface area contributed by atoms with Gasteiger partial charge in [0.1, 0.15) is 0 Å². The second kappa shape index (κ2) is 14.1. The lowest BCUT2D eigenvalue weighted by Crippen LogP contribution is -2.53. The number of amides is 2. The number of nitrogens with one attached hydrogen (secondary N) is 2. The van der Waals surface area contributed by atoms with Gasteiger partial charge < -0.3 is 25.2 Å². The quantitative estimate of drug-likeness (QED) is 0.311. The fourth-order valence-corrected chi connectivity index (χ4v) is 3.24. The molecule has 0 aliphatic carbocycles. The van der Waals surface area contributed by atoms with Crippen LogP contribution in [0.1, 0.15) is 39.7 Å². The molecule has 0 aromatic heterocycles. The van der Waals surface area contributed by atoms with E-state index < -0.39 is 0 Å². The summed E-state index contributed by atoms with van der Waals surface area (Å²) in [6.07, 6.45) is 0.250. The highest BCUT2D eigenvalue weighted by Gasteiger charge is 2.23. The molecule has 1 aromatic rings. The smallest absolute Gasteiger partial charge is 0.409 e. The van der Waals surface area contributed by atoms with Crippen molar-refractivity contribution in [1.82, 2.24) is 15.1 Å². The Kier molecular flexibility index (Phi) is 12.3. The maximum atomic E-state index is 12.0. The van der Waals surface area contributed by atoms with Crippen LogP contribution in [0.2, 0.25) is 0 Å². The predicted octanol–water partition coefficient (Wildman–Crippen LogP) is 3.53. The highest BCUT2D eigenvalue weighted by Crippen LogP contribution is 2.13. The van der Waals surface area contributed by atoms with Gasteiger partial charge in [0.25, 0.3) is 0 Å². The Morgan fingerprint density at radius 2 is 1.81 bits per heavy atom. The van der Waals surface area contributed by atoms with E-state index in [-0.39, 0.29) is 36.0 Å². The van der Waals surface area contributed by atoms with Crippen molar-refractivity contribution in [2.75, 3.05) is 44.6 Å². The highest BCUT2D eigenvalue weighted by atomic mass is 127. The molecule has 174 valence electrons. The number of anilines is 1. The van der Waals surface area contributed by atoms with E-state index in [0.717, 1.165) is 23.8 Å². The minimum Gasteiger partial charge on any atom is -0.450 e. The van der Waals surface area contributed by atoms with Gasteiger partial charge in [-0.1, -0.05) is 26.0 Å². The first-order valence-electron chi connectivity index (χ1n) is 10.8. The van der Waals surface area contributed by atoms with Crippen molar-refractivity contribution in [3.05, 3.63) is 29.8 Å².